The molecule has 0 spiro atoms. The highest BCUT2D eigenvalue weighted by Crippen LogP contribution is 2.29. The fourth-order valence-electron chi connectivity index (χ4n) is 1.39. The summed E-state index contributed by atoms with van der Waals surface area (Å²) in [4.78, 5) is 3.80. The van der Waals surface area contributed by atoms with Crippen LogP contribution in [0.3, 0.4) is 0 Å². The Bertz CT molecular complexity index is 412. The lowest BCUT2D eigenvalue weighted by Gasteiger charge is -2.04. The van der Waals surface area contributed by atoms with Crippen LogP contribution in [-0.2, 0) is 0 Å². The van der Waals surface area contributed by atoms with E-state index >= 15 is 0 Å². The Labute approximate surface area is 81.7 Å². The Morgan fingerprint density at radius 2 is 1.43 bits per heavy atom. The summed E-state index contributed by atoms with van der Waals surface area (Å²) < 4.78 is 12.2. The first-order chi connectivity index (χ1) is 6.92. The van der Waals surface area contributed by atoms with Crippen molar-refractivity contribution in [2.45, 2.75) is 0 Å². The van der Waals surface area contributed by atoms with Crippen molar-refractivity contribution in [3.63, 3.8) is 0 Å². The first-order valence-electron chi connectivity index (χ1n) is 4.35. The van der Waals surface area contributed by atoms with Crippen LogP contribution in [0.4, 0.5) is 4.53 Å². The van der Waals surface area contributed by atoms with E-state index in [0.29, 0.717) is 0 Å². The molecule has 0 aromatic heterocycles. The summed E-state index contributed by atoms with van der Waals surface area (Å²) in [7, 11) is 0. The van der Waals surface area contributed by atoms with Crippen molar-refractivity contribution in [3.8, 4) is 16.9 Å². The summed E-state index contributed by atoms with van der Waals surface area (Å²) in [5.74, 6) is 0.249. The zero-order valence-corrected chi connectivity index (χ0v) is 7.48. The van der Waals surface area contributed by atoms with Gasteiger partial charge in [-0.1, -0.05) is 48.5 Å². The van der Waals surface area contributed by atoms with Crippen molar-refractivity contribution < 1.29 is 9.47 Å². The lowest BCUT2D eigenvalue weighted by atomic mass is 10.1. The molecular weight excluding hydrogens is 179 g/mol. The molecule has 0 saturated carbocycles. The molecule has 2 rings (SSSR count). The normalized spacial score (nSPS) is 9.79. The number of halogens is 1. The zero-order chi connectivity index (χ0) is 9.80. The minimum atomic E-state index is 0.249. The van der Waals surface area contributed by atoms with Crippen LogP contribution in [0.25, 0.3) is 11.1 Å². The fraction of sp³-hybridized carbons (Fsp3) is 0. The Morgan fingerprint density at radius 3 is 2.14 bits per heavy atom. The van der Waals surface area contributed by atoms with Crippen LogP contribution < -0.4 is 4.94 Å². The van der Waals surface area contributed by atoms with E-state index in [2.05, 4.69) is 4.94 Å². The summed E-state index contributed by atoms with van der Waals surface area (Å²) in [5.41, 5.74) is 1.70. The largest absolute Gasteiger partial charge is 0.294 e. The molecule has 2 heteroatoms. The van der Waals surface area contributed by atoms with Gasteiger partial charge in [-0.2, -0.15) is 0 Å². The highest BCUT2D eigenvalue weighted by molar-refractivity contribution is 5.69. The van der Waals surface area contributed by atoms with Gasteiger partial charge in [0.15, 0.2) is 5.75 Å². The van der Waals surface area contributed by atoms with E-state index in [9.17, 15) is 4.53 Å². The monoisotopic (exact) mass is 188 g/mol. The number of benzene rings is 2. The van der Waals surface area contributed by atoms with Gasteiger partial charge in [-0.3, -0.25) is 4.94 Å². The summed E-state index contributed by atoms with van der Waals surface area (Å²) in [5, 5.41) is 0. The van der Waals surface area contributed by atoms with E-state index in [1.807, 2.05) is 42.5 Å². The van der Waals surface area contributed by atoms with E-state index in [1.54, 1.807) is 12.1 Å². The maximum absolute atomic E-state index is 12.2. The average Bonchev–Trinajstić information content (AvgIpc) is 2.30. The van der Waals surface area contributed by atoms with Crippen molar-refractivity contribution in [1.29, 1.82) is 0 Å². The summed E-state index contributed by atoms with van der Waals surface area (Å²) in [6, 6.07) is 16.6. The first-order valence-corrected chi connectivity index (χ1v) is 4.35. The molecule has 70 valence electrons. The van der Waals surface area contributed by atoms with Crippen molar-refractivity contribution in [1.82, 2.24) is 0 Å². The molecule has 2 aromatic rings. The first kappa shape index (κ1) is 8.75. The Balaban J connectivity index is 2.51. The highest BCUT2D eigenvalue weighted by Gasteiger charge is 2.04. The molecule has 14 heavy (non-hydrogen) atoms. The van der Waals surface area contributed by atoms with Crippen LogP contribution in [0, 0.1) is 0 Å². The second-order valence-corrected chi connectivity index (χ2v) is 2.94. The molecule has 0 bridgehead atoms. The Hall–Kier alpha value is -1.83. The molecule has 1 nitrogen and oxygen atoms in total. The minimum absolute atomic E-state index is 0.249. The standard InChI is InChI=1S/C12H9FO/c13-14-12-9-5-4-8-11(12)10-6-2-1-3-7-10/h1-9H. The second kappa shape index (κ2) is 3.92. The van der Waals surface area contributed by atoms with Crippen LogP contribution in [-0.4, -0.2) is 0 Å². The lowest BCUT2D eigenvalue weighted by molar-refractivity contribution is -0.00545. The predicted octanol–water partition coefficient (Wildman–Crippen LogP) is 3.62. The Morgan fingerprint density at radius 1 is 0.786 bits per heavy atom. The van der Waals surface area contributed by atoms with Crippen LogP contribution in [0.15, 0.2) is 54.6 Å². The smallest absolute Gasteiger partial charge is 0.179 e. The third-order valence-corrected chi connectivity index (χ3v) is 2.05. The maximum Gasteiger partial charge on any atom is 0.179 e. The number of para-hydroxylation sites is 1. The van der Waals surface area contributed by atoms with Gasteiger partial charge in [-0.15, -0.1) is 0 Å². The number of hydrogen-bond donors (Lipinski definition) is 0. The van der Waals surface area contributed by atoms with Crippen molar-refractivity contribution in [3.05, 3.63) is 54.6 Å². The maximum atomic E-state index is 12.2. The van der Waals surface area contributed by atoms with Crippen LogP contribution in [0.2, 0.25) is 0 Å². The quantitative estimate of drug-likeness (QED) is 0.699. The molecule has 0 atom stereocenters. The number of hydrogen-bond acceptors (Lipinski definition) is 1. The summed E-state index contributed by atoms with van der Waals surface area (Å²) in [6.45, 7) is 0. The lowest BCUT2D eigenvalue weighted by Crippen LogP contribution is -1.82. The topological polar surface area (TPSA) is 9.23 Å². The van der Waals surface area contributed by atoms with Crippen molar-refractivity contribution >= 4 is 0 Å². The molecule has 2 aromatic carbocycles. The summed E-state index contributed by atoms with van der Waals surface area (Å²) >= 11 is 0. The van der Waals surface area contributed by atoms with E-state index in [-0.39, 0.29) is 5.75 Å². The van der Waals surface area contributed by atoms with E-state index in [1.165, 1.54) is 0 Å². The summed E-state index contributed by atoms with van der Waals surface area (Å²) in [6.07, 6.45) is 0. The van der Waals surface area contributed by atoms with E-state index in [4.69, 9.17) is 0 Å². The van der Waals surface area contributed by atoms with Gasteiger partial charge in [0, 0.05) is 10.1 Å². The van der Waals surface area contributed by atoms with E-state index < -0.39 is 0 Å². The van der Waals surface area contributed by atoms with Crippen LogP contribution in [0.1, 0.15) is 0 Å². The second-order valence-electron chi connectivity index (χ2n) is 2.94. The van der Waals surface area contributed by atoms with E-state index in [0.717, 1.165) is 11.1 Å². The average molecular weight is 188 g/mol. The van der Waals surface area contributed by atoms with Crippen LogP contribution >= 0.6 is 0 Å². The third kappa shape index (κ3) is 1.59. The molecule has 0 unspecified atom stereocenters. The highest BCUT2D eigenvalue weighted by atomic mass is 19.3. The molecule has 0 aliphatic carbocycles. The molecule has 0 heterocycles. The molecule has 0 aliphatic heterocycles. The van der Waals surface area contributed by atoms with Gasteiger partial charge in [0.1, 0.15) is 0 Å². The Kier molecular flexibility index (Phi) is 2.45. The van der Waals surface area contributed by atoms with Gasteiger partial charge < -0.3 is 0 Å². The van der Waals surface area contributed by atoms with Gasteiger partial charge in [0.2, 0.25) is 0 Å². The van der Waals surface area contributed by atoms with Gasteiger partial charge in [-0.05, 0) is 11.6 Å². The van der Waals surface area contributed by atoms with Gasteiger partial charge in [0.25, 0.3) is 0 Å². The van der Waals surface area contributed by atoms with Crippen molar-refractivity contribution in [2.24, 2.45) is 0 Å². The van der Waals surface area contributed by atoms with Crippen LogP contribution in [0.5, 0.6) is 5.75 Å². The molecular formula is C12H9FO. The SMILES string of the molecule is FOc1ccccc1-c1ccccc1. The molecule has 0 N–H and O–H groups in total. The minimum Gasteiger partial charge on any atom is -0.294 e. The predicted molar refractivity (Wildman–Crippen MR) is 53.6 cm³/mol. The van der Waals surface area contributed by atoms with Crippen molar-refractivity contribution in [2.75, 3.05) is 0 Å². The molecule has 0 amide bonds. The molecule has 0 fully saturated rings. The van der Waals surface area contributed by atoms with Gasteiger partial charge >= 0.3 is 0 Å². The molecule has 0 aliphatic rings. The third-order valence-electron chi connectivity index (χ3n) is 2.05. The fourth-order valence-corrected chi connectivity index (χ4v) is 1.39. The zero-order valence-electron chi connectivity index (χ0n) is 7.48. The van der Waals surface area contributed by atoms with Gasteiger partial charge in [0.05, 0.1) is 0 Å². The number of rotatable bonds is 2. The van der Waals surface area contributed by atoms with Gasteiger partial charge in [-0.25, -0.2) is 0 Å². The molecule has 0 saturated heterocycles. The molecule has 0 radical (unpaired) electrons.